The molecule has 0 radical (unpaired) electrons. The van der Waals surface area contributed by atoms with E-state index in [2.05, 4.69) is 25.8 Å². The standard InChI is InChI=1S/C21H32BrN3O3/c1-21(2,3)28-20(26)25-12-10-24(11-13-25)18-7-4-16(5-8-18)15-27-19-9-6-17(22)14-23-19/h6,9,14,16,18H,4-5,7-8,10-13,15H2,1-3H3/t16-,18-. The fourth-order valence-electron chi connectivity index (χ4n) is 3.92. The van der Waals surface area contributed by atoms with Crippen molar-refractivity contribution in [1.29, 1.82) is 0 Å². The van der Waals surface area contributed by atoms with Crippen LogP contribution in [0.15, 0.2) is 22.8 Å². The molecule has 1 aromatic rings. The molecule has 0 spiro atoms. The lowest BCUT2D eigenvalue weighted by Gasteiger charge is -2.42. The van der Waals surface area contributed by atoms with Crippen molar-refractivity contribution in [1.82, 2.24) is 14.8 Å². The van der Waals surface area contributed by atoms with Gasteiger partial charge in [-0.3, -0.25) is 4.90 Å². The number of carbonyl (C=O) groups excluding carboxylic acids is 1. The Labute approximate surface area is 176 Å². The molecule has 6 nitrogen and oxygen atoms in total. The molecule has 1 amide bonds. The second-order valence-corrected chi connectivity index (χ2v) is 9.72. The monoisotopic (exact) mass is 453 g/mol. The Kier molecular flexibility index (Phi) is 7.20. The first-order valence-electron chi connectivity index (χ1n) is 10.3. The van der Waals surface area contributed by atoms with E-state index in [-0.39, 0.29) is 6.09 Å². The van der Waals surface area contributed by atoms with Crippen LogP contribution in [-0.4, -0.2) is 65.3 Å². The minimum atomic E-state index is -0.430. The second-order valence-electron chi connectivity index (χ2n) is 8.80. The molecule has 2 aliphatic rings. The van der Waals surface area contributed by atoms with Crippen molar-refractivity contribution < 1.29 is 14.3 Å². The largest absolute Gasteiger partial charge is 0.477 e. The fourth-order valence-corrected chi connectivity index (χ4v) is 4.16. The predicted molar refractivity (Wildman–Crippen MR) is 113 cm³/mol. The molecule has 1 saturated carbocycles. The summed E-state index contributed by atoms with van der Waals surface area (Å²) < 4.78 is 12.3. The summed E-state index contributed by atoms with van der Waals surface area (Å²) >= 11 is 3.39. The number of nitrogens with zero attached hydrogens (tertiary/aromatic N) is 3. The van der Waals surface area contributed by atoms with Gasteiger partial charge in [-0.05, 0) is 74.4 Å². The lowest BCUT2D eigenvalue weighted by atomic mass is 9.85. The summed E-state index contributed by atoms with van der Waals surface area (Å²) in [7, 11) is 0. The number of aromatic nitrogens is 1. The zero-order valence-corrected chi connectivity index (χ0v) is 18.8. The highest BCUT2D eigenvalue weighted by molar-refractivity contribution is 9.10. The van der Waals surface area contributed by atoms with E-state index in [1.807, 2.05) is 37.8 Å². The van der Waals surface area contributed by atoms with Crippen molar-refractivity contribution in [3.8, 4) is 5.88 Å². The maximum absolute atomic E-state index is 12.2. The van der Waals surface area contributed by atoms with Crippen LogP contribution in [0.5, 0.6) is 5.88 Å². The summed E-state index contributed by atoms with van der Waals surface area (Å²) in [6.07, 6.45) is 6.36. The third kappa shape index (κ3) is 6.34. The smallest absolute Gasteiger partial charge is 0.410 e. The third-order valence-electron chi connectivity index (χ3n) is 5.47. The molecule has 2 heterocycles. The number of hydrogen-bond acceptors (Lipinski definition) is 5. The van der Waals surface area contributed by atoms with E-state index in [0.29, 0.717) is 17.8 Å². The van der Waals surface area contributed by atoms with Crippen LogP contribution in [0.4, 0.5) is 4.79 Å². The maximum Gasteiger partial charge on any atom is 0.410 e. The summed E-state index contributed by atoms with van der Waals surface area (Å²) in [6, 6.07) is 4.48. The third-order valence-corrected chi connectivity index (χ3v) is 5.93. The number of pyridine rings is 1. The van der Waals surface area contributed by atoms with E-state index in [1.54, 1.807) is 6.20 Å². The Morgan fingerprint density at radius 3 is 2.39 bits per heavy atom. The normalized spacial score (nSPS) is 24.1. The molecule has 0 atom stereocenters. The highest BCUT2D eigenvalue weighted by Crippen LogP contribution is 2.29. The molecule has 156 valence electrons. The average molecular weight is 454 g/mol. The molecule has 28 heavy (non-hydrogen) atoms. The minimum absolute atomic E-state index is 0.186. The van der Waals surface area contributed by atoms with Gasteiger partial charge in [0.05, 0.1) is 6.61 Å². The van der Waals surface area contributed by atoms with Gasteiger partial charge in [-0.1, -0.05) is 0 Å². The lowest BCUT2D eigenvalue weighted by Crippen LogP contribution is -2.53. The molecule has 1 aliphatic carbocycles. The van der Waals surface area contributed by atoms with Gasteiger partial charge in [0.1, 0.15) is 5.60 Å². The molecule has 2 fully saturated rings. The number of piperazine rings is 1. The molecule has 0 unspecified atom stereocenters. The molecule has 0 N–H and O–H groups in total. The first kappa shape index (κ1) is 21.4. The fraction of sp³-hybridized carbons (Fsp3) is 0.714. The Morgan fingerprint density at radius 1 is 1.14 bits per heavy atom. The van der Waals surface area contributed by atoms with E-state index in [0.717, 1.165) is 37.3 Å². The topological polar surface area (TPSA) is 54.9 Å². The molecule has 3 rings (SSSR count). The van der Waals surface area contributed by atoms with Crippen LogP contribution < -0.4 is 4.74 Å². The number of carbonyl (C=O) groups is 1. The summed E-state index contributed by atoms with van der Waals surface area (Å²) in [5, 5.41) is 0. The van der Waals surface area contributed by atoms with Crippen molar-refractivity contribution in [2.45, 2.75) is 58.1 Å². The van der Waals surface area contributed by atoms with Crippen LogP contribution in [-0.2, 0) is 4.74 Å². The van der Waals surface area contributed by atoms with Gasteiger partial charge in [0, 0.05) is 49.0 Å². The van der Waals surface area contributed by atoms with Crippen LogP contribution in [0.1, 0.15) is 46.5 Å². The molecular weight excluding hydrogens is 422 g/mol. The zero-order valence-electron chi connectivity index (χ0n) is 17.2. The van der Waals surface area contributed by atoms with Gasteiger partial charge in [-0.25, -0.2) is 9.78 Å². The van der Waals surface area contributed by atoms with Gasteiger partial charge in [0.25, 0.3) is 0 Å². The minimum Gasteiger partial charge on any atom is -0.477 e. The first-order chi connectivity index (χ1) is 13.3. The van der Waals surface area contributed by atoms with Crippen molar-refractivity contribution in [2.75, 3.05) is 32.8 Å². The molecular formula is C21H32BrN3O3. The zero-order chi connectivity index (χ0) is 20.1. The van der Waals surface area contributed by atoms with Gasteiger partial charge < -0.3 is 14.4 Å². The van der Waals surface area contributed by atoms with Crippen LogP contribution in [0.3, 0.4) is 0 Å². The SMILES string of the molecule is CC(C)(C)OC(=O)N1CCN([C@H]2CC[C@H](COc3ccc(Br)cn3)CC2)CC1. The van der Waals surface area contributed by atoms with Crippen molar-refractivity contribution in [3.63, 3.8) is 0 Å². The lowest BCUT2D eigenvalue weighted by molar-refractivity contribution is 0.00651. The maximum atomic E-state index is 12.2. The van der Waals surface area contributed by atoms with Gasteiger partial charge in [-0.15, -0.1) is 0 Å². The number of hydrogen-bond donors (Lipinski definition) is 0. The van der Waals surface area contributed by atoms with Crippen LogP contribution >= 0.6 is 15.9 Å². The Bertz CT molecular complexity index is 631. The Hall–Kier alpha value is -1.34. The van der Waals surface area contributed by atoms with E-state index >= 15 is 0 Å². The second kappa shape index (κ2) is 9.44. The summed E-state index contributed by atoms with van der Waals surface area (Å²) in [5.41, 5.74) is -0.430. The highest BCUT2D eigenvalue weighted by Gasteiger charge is 2.31. The molecule has 0 bridgehead atoms. The number of amides is 1. The average Bonchev–Trinajstić information content (AvgIpc) is 2.67. The van der Waals surface area contributed by atoms with E-state index < -0.39 is 5.60 Å². The predicted octanol–water partition coefficient (Wildman–Crippen LogP) is 4.33. The summed E-state index contributed by atoms with van der Waals surface area (Å²) in [4.78, 5) is 20.9. The quantitative estimate of drug-likeness (QED) is 0.678. The molecule has 7 heteroatoms. The van der Waals surface area contributed by atoms with Crippen molar-refractivity contribution in [3.05, 3.63) is 22.8 Å². The summed E-state index contributed by atoms with van der Waals surface area (Å²) in [6.45, 7) is 9.87. The van der Waals surface area contributed by atoms with E-state index in [4.69, 9.17) is 9.47 Å². The Balaban J connectivity index is 1.36. The van der Waals surface area contributed by atoms with Gasteiger partial charge >= 0.3 is 6.09 Å². The van der Waals surface area contributed by atoms with Gasteiger partial charge in [-0.2, -0.15) is 0 Å². The number of rotatable bonds is 4. The molecule has 1 aliphatic heterocycles. The van der Waals surface area contributed by atoms with Crippen molar-refractivity contribution >= 4 is 22.0 Å². The van der Waals surface area contributed by atoms with Gasteiger partial charge in [0.2, 0.25) is 5.88 Å². The molecule has 0 aromatic carbocycles. The summed E-state index contributed by atoms with van der Waals surface area (Å²) in [5.74, 6) is 1.30. The molecule has 1 aromatic heterocycles. The van der Waals surface area contributed by atoms with Crippen LogP contribution in [0, 0.1) is 5.92 Å². The van der Waals surface area contributed by atoms with Crippen LogP contribution in [0.25, 0.3) is 0 Å². The van der Waals surface area contributed by atoms with Gasteiger partial charge in [0.15, 0.2) is 0 Å². The van der Waals surface area contributed by atoms with E-state index in [1.165, 1.54) is 25.7 Å². The van der Waals surface area contributed by atoms with E-state index in [9.17, 15) is 4.79 Å². The van der Waals surface area contributed by atoms with Crippen molar-refractivity contribution in [2.24, 2.45) is 5.92 Å². The number of ether oxygens (including phenoxy) is 2. The highest BCUT2D eigenvalue weighted by atomic mass is 79.9. The Morgan fingerprint density at radius 2 is 1.82 bits per heavy atom. The number of halogens is 1. The van der Waals surface area contributed by atoms with Crippen LogP contribution in [0.2, 0.25) is 0 Å². The molecule has 1 saturated heterocycles. The first-order valence-corrected chi connectivity index (χ1v) is 11.1.